The van der Waals surface area contributed by atoms with E-state index in [1.165, 1.54) is 12.8 Å². The minimum absolute atomic E-state index is 0.474. The van der Waals surface area contributed by atoms with Crippen LogP contribution in [0, 0.1) is 5.41 Å². The molecule has 1 unspecified atom stereocenters. The van der Waals surface area contributed by atoms with Crippen LogP contribution >= 0.6 is 15.9 Å². The van der Waals surface area contributed by atoms with Gasteiger partial charge in [-0.25, -0.2) is 0 Å². The minimum Gasteiger partial charge on any atom is -0.493 e. The highest BCUT2D eigenvalue weighted by Gasteiger charge is 2.45. The van der Waals surface area contributed by atoms with Gasteiger partial charge in [0.05, 0.1) is 13.7 Å². The molecule has 0 aromatic heterocycles. The van der Waals surface area contributed by atoms with E-state index in [1.54, 1.807) is 7.11 Å². The highest BCUT2D eigenvalue weighted by atomic mass is 79.9. The second-order valence-corrected chi connectivity index (χ2v) is 6.10. The summed E-state index contributed by atoms with van der Waals surface area (Å²) in [6.45, 7) is 2.99. The van der Waals surface area contributed by atoms with Gasteiger partial charge in [0.25, 0.3) is 0 Å². The predicted octanol–water partition coefficient (Wildman–Crippen LogP) is 4.03. The molecule has 1 aromatic carbocycles. The Morgan fingerprint density at radius 2 is 1.94 bits per heavy atom. The summed E-state index contributed by atoms with van der Waals surface area (Å²) in [5.74, 6) is 1.65. The maximum absolute atomic E-state index is 5.81. The van der Waals surface area contributed by atoms with E-state index in [9.17, 15) is 0 Å². The molecule has 3 heteroatoms. The van der Waals surface area contributed by atoms with Crippen LogP contribution in [0.2, 0.25) is 0 Å². The van der Waals surface area contributed by atoms with E-state index >= 15 is 0 Å². The van der Waals surface area contributed by atoms with Crippen molar-refractivity contribution in [2.45, 2.75) is 31.0 Å². The van der Waals surface area contributed by atoms with Gasteiger partial charge in [0, 0.05) is 4.83 Å². The summed E-state index contributed by atoms with van der Waals surface area (Å²) in [6, 6.07) is 7.80. The van der Waals surface area contributed by atoms with Crippen molar-refractivity contribution in [3.8, 4) is 11.5 Å². The molecule has 1 aliphatic rings. The number of alkyl halides is 1. The lowest BCUT2D eigenvalue weighted by Gasteiger charge is -2.18. The Labute approximate surface area is 111 Å². The normalized spacial score (nSPS) is 18.5. The van der Waals surface area contributed by atoms with Crippen LogP contribution in [0.5, 0.6) is 11.5 Å². The Morgan fingerprint density at radius 1 is 1.29 bits per heavy atom. The van der Waals surface area contributed by atoms with Crippen molar-refractivity contribution in [1.29, 1.82) is 0 Å². The molecular formula is C14H19BrO2. The third-order valence-corrected chi connectivity index (χ3v) is 4.63. The summed E-state index contributed by atoms with van der Waals surface area (Å²) in [5, 5.41) is 0. The lowest BCUT2D eigenvalue weighted by atomic mass is 10.00. The van der Waals surface area contributed by atoms with Gasteiger partial charge in [-0.05, 0) is 36.8 Å². The number of ether oxygens (including phenoxy) is 2. The summed E-state index contributed by atoms with van der Waals surface area (Å²) in [4.78, 5) is 0.580. The van der Waals surface area contributed by atoms with Gasteiger partial charge in [0.2, 0.25) is 0 Å². The molecular weight excluding hydrogens is 280 g/mol. The Kier molecular flexibility index (Phi) is 3.97. The molecule has 17 heavy (non-hydrogen) atoms. The molecule has 0 aliphatic heterocycles. The van der Waals surface area contributed by atoms with Crippen LogP contribution in [-0.2, 0) is 0 Å². The third kappa shape index (κ3) is 2.95. The van der Waals surface area contributed by atoms with Gasteiger partial charge < -0.3 is 9.47 Å². The van der Waals surface area contributed by atoms with E-state index in [1.807, 2.05) is 24.3 Å². The lowest BCUT2D eigenvalue weighted by Crippen LogP contribution is -2.16. The quantitative estimate of drug-likeness (QED) is 0.738. The topological polar surface area (TPSA) is 18.5 Å². The molecule has 1 fully saturated rings. The van der Waals surface area contributed by atoms with Gasteiger partial charge in [0.15, 0.2) is 11.5 Å². The fraction of sp³-hybridized carbons (Fsp3) is 0.571. The lowest BCUT2D eigenvalue weighted by molar-refractivity contribution is 0.257. The van der Waals surface area contributed by atoms with Crippen molar-refractivity contribution in [1.82, 2.24) is 0 Å². The maximum Gasteiger partial charge on any atom is 0.161 e. The molecule has 2 rings (SSSR count). The smallest absolute Gasteiger partial charge is 0.161 e. The van der Waals surface area contributed by atoms with Crippen molar-refractivity contribution in [3.05, 3.63) is 24.3 Å². The van der Waals surface area contributed by atoms with Gasteiger partial charge in [-0.3, -0.25) is 0 Å². The predicted molar refractivity (Wildman–Crippen MR) is 73.2 cm³/mol. The summed E-state index contributed by atoms with van der Waals surface area (Å²) in [7, 11) is 1.67. The van der Waals surface area contributed by atoms with Crippen molar-refractivity contribution in [2.24, 2.45) is 5.41 Å². The Bertz CT molecular complexity index is 372. The van der Waals surface area contributed by atoms with Crippen LogP contribution in [0.15, 0.2) is 24.3 Å². The fourth-order valence-corrected chi connectivity index (χ4v) is 2.80. The molecule has 1 aromatic rings. The average molecular weight is 299 g/mol. The van der Waals surface area contributed by atoms with Gasteiger partial charge in [-0.2, -0.15) is 0 Å². The van der Waals surface area contributed by atoms with E-state index in [-0.39, 0.29) is 0 Å². The maximum atomic E-state index is 5.81. The average Bonchev–Trinajstić information content (AvgIpc) is 3.11. The van der Waals surface area contributed by atoms with E-state index in [2.05, 4.69) is 22.9 Å². The minimum atomic E-state index is 0.474. The second kappa shape index (κ2) is 5.30. The zero-order valence-electron chi connectivity index (χ0n) is 10.4. The zero-order valence-corrected chi connectivity index (χ0v) is 12.0. The molecule has 0 heterocycles. The molecule has 1 aliphatic carbocycles. The molecule has 0 spiro atoms. The number of hydrogen-bond donors (Lipinski definition) is 0. The van der Waals surface area contributed by atoms with Crippen LogP contribution in [0.25, 0.3) is 0 Å². The first kappa shape index (κ1) is 12.7. The summed E-state index contributed by atoms with van der Waals surface area (Å²) in [6.07, 6.45) is 3.74. The van der Waals surface area contributed by atoms with Crippen molar-refractivity contribution >= 4 is 15.9 Å². The van der Waals surface area contributed by atoms with Crippen LogP contribution in [0.4, 0.5) is 0 Å². The van der Waals surface area contributed by atoms with Gasteiger partial charge in [-0.15, -0.1) is 0 Å². The monoisotopic (exact) mass is 298 g/mol. The molecule has 1 atom stereocenters. The fourth-order valence-electron chi connectivity index (χ4n) is 2.11. The number of hydrogen-bond acceptors (Lipinski definition) is 2. The molecule has 1 saturated carbocycles. The van der Waals surface area contributed by atoms with Crippen LogP contribution in [0.3, 0.4) is 0 Å². The number of methoxy groups -OCH3 is 1. The van der Waals surface area contributed by atoms with Gasteiger partial charge in [-0.1, -0.05) is 35.0 Å². The number of halogens is 1. The summed E-state index contributed by atoms with van der Waals surface area (Å²) >= 11 is 3.69. The Balaban J connectivity index is 1.86. The zero-order chi connectivity index (χ0) is 12.3. The molecule has 0 radical (unpaired) electrons. The first-order chi connectivity index (χ1) is 8.18. The molecule has 0 bridgehead atoms. The largest absolute Gasteiger partial charge is 0.493 e. The highest BCUT2D eigenvalue weighted by molar-refractivity contribution is 9.09. The Morgan fingerprint density at radius 3 is 2.47 bits per heavy atom. The Hall–Kier alpha value is -0.700. The molecule has 0 saturated heterocycles. The van der Waals surface area contributed by atoms with E-state index in [0.717, 1.165) is 24.5 Å². The molecule has 2 nitrogen and oxygen atoms in total. The van der Waals surface area contributed by atoms with Crippen LogP contribution in [0.1, 0.15) is 26.2 Å². The highest BCUT2D eigenvalue weighted by Crippen LogP contribution is 2.54. The number of para-hydroxylation sites is 2. The van der Waals surface area contributed by atoms with Crippen molar-refractivity contribution < 1.29 is 9.47 Å². The van der Waals surface area contributed by atoms with Crippen molar-refractivity contribution in [3.63, 3.8) is 0 Å². The van der Waals surface area contributed by atoms with Crippen molar-refractivity contribution in [2.75, 3.05) is 13.7 Å². The molecule has 94 valence electrons. The van der Waals surface area contributed by atoms with Crippen LogP contribution < -0.4 is 9.47 Å². The third-order valence-electron chi connectivity index (χ3n) is 3.66. The SMILES string of the molecule is COc1ccccc1OCCC1(C(C)Br)CC1. The first-order valence-corrected chi connectivity index (χ1v) is 6.99. The van der Waals surface area contributed by atoms with E-state index < -0.39 is 0 Å². The van der Waals surface area contributed by atoms with E-state index in [0.29, 0.717) is 10.2 Å². The molecule has 0 N–H and O–H groups in total. The van der Waals surface area contributed by atoms with Gasteiger partial charge in [0.1, 0.15) is 0 Å². The van der Waals surface area contributed by atoms with E-state index in [4.69, 9.17) is 9.47 Å². The van der Waals surface area contributed by atoms with Crippen LogP contribution in [-0.4, -0.2) is 18.5 Å². The summed E-state index contributed by atoms with van der Waals surface area (Å²) in [5.41, 5.74) is 0.474. The van der Waals surface area contributed by atoms with Gasteiger partial charge >= 0.3 is 0 Å². The number of benzene rings is 1. The summed E-state index contributed by atoms with van der Waals surface area (Å²) < 4.78 is 11.1. The number of rotatable bonds is 6. The standard InChI is InChI=1S/C14H19BrO2/c1-11(15)14(7-8-14)9-10-17-13-6-4-3-5-12(13)16-2/h3-6,11H,7-10H2,1-2H3. The molecule has 0 amide bonds. The first-order valence-electron chi connectivity index (χ1n) is 6.08. The second-order valence-electron chi connectivity index (χ2n) is 4.73.